The van der Waals surface area contributed by atoms with E-state index in [0.717, 1.165) is 16.8 Å². The van der Waals surface area contributed by atoms with Crippen LogP contribution in [-0.4, -0.2) is 7.11 Å². The normalized spacial score (nSPS) is 10.5. The van der Waals surface area contributed by atoms with E-state index in [2.05, 4.69) is 5.32 Å². The van der Waals surface area contributed by atoms with Gasteiger partial charge in [0.2, 0.25) is 0 Å². The van der Waals surface area contributed by atoms with Crippen LogP contribution < -0.4 is 14.8 Å². The Morgan fingerprint density at radius 3 is 2.26 bits per heavy atom. The minimum Gasteiger partial charge on any atom is -0.493 e. The molecule has 6 heteroatoms. The lowest BCUT2D eigenvalue weighted by Crippen LogP contribution is -2.02. The molecule has 0 unspecified atom stereocenters. The summed E-state index contributed by atoms with van der Waals surface area (Å²) >= 11 is 18.4. The SMILES string of the molecule is COc1cc(CNc2ccccc2)cc(Cl)c1OCc1ccc(Cl)c(Cl)c1. The molecule has 3 aromatic carbocycles. The highest BCUT2D eigenvalue weighted by molar-refractivity contribution is 6.42. The van der Waals surface area contributed by atoms with Gasteiger partial charge in [-0.2, -0.15) is 0 Å². The summed E-state index contributed by atoms with van der Waals surface area (Å²) < 4.78 is 11.3. The van der Waals surface area contributed by atoms with Crippen LogP contribution >= 0.6 is 34.8 Å². The third-order valence-electron chi connectivity index (χ3n) is 3.93. The number of rotatable bonds is 7. The van der Waals surface area contributed by atoms with Gasteiger partial charge in [-0.3, -0.25) is 0 Å². The largest absolute Gasteiger partial charge is 0.493 e. The van der Waals surface area contributed by atoms with Gasteiger partial charge >= 0.3 is 0 Å². The second-order valence-corrected chi connectivity index (χ2v) is 7.09. The summed E-state index contributed by atoms with van der Waals surface area (Å²) in [5.41, 5.74) is 2.91. The van der Waals surface area contributed by atoms with E-state index in [9.17, 15) is 0 Å². The zero-order chi connectivity index (χ0) is 19.2. The number of hydrogen-bond acceptors (Lipinski definition) is 3. The summed E-state index contributed by atoms with van der Waals surface area (Å²) in [5.74, 6) is 1.07. The number of benzene rings is 3. The highest BCUT2D eigenvalue weighted by Crippen LogP contribution is 2.37. The summed E-state index contributed by atoms with van der Waals surface area (Å²) in [6, 6.07) is 19.1. The Morgan fingerprint density at radius 2 is 1.56 bits per heavy atom. The highest BCUT2D eigenvalue weighted by atomic mass is 35.5. The Bertz CT molecular complexity index is 917. The molecular weight excluding hydrogens is 405 g/mol. The first-order valence-corrected chi connectivity index (χ1v) is 9.42. The fraction of sp³-hybridized carbons (Fsp3) is 0.143. The van der Waals surface area contributed by atoms with Crippen molar-refractivity contribution in [3.63, 3.8) is 0 Å². The Hall–Kier alpha value is -2.07. The Balaban J connectivity index is 1.72. The third kappa shape index (κ3) is 5.23. The van der Waals surface area contributed by atoms with Crippen LogP contribution in [0.5, 0.6) is 11.5 Å². The minimum atomic E-state index is 0.300. The lowest BCUT2D eigenvalue weighted by molar-refractivity contribution is 0.284. The summed E-state index contributed by atoms with van der Waals surface area (Å²) in [5, 5.41) is 4.82. The molecule has 140 valence electrons. The summed E-state index contributed by atoms with van der Waals surface area (Å²) in [6.45, 7) is 0.918. The second kappa shape index (κ2) is 9.23. The summed E-state index contributed by atoms with van der Waals surface area (Å²) in [7, 11) is 1.59. The molecule has 0 heterocycles. The van der Waals surface area contributed by atoms with Crippen LogP contribution in [0.3, 0.4) is 0 Å². The molecule has 0 bridgehead atoms. The van der Waals surface area contributed by atoms with Crippen molar-refractivity contribution in [3.05, 3.63) is 86.9 Å². The number of nitrogens with one attached hydrogen (secondary N) is 1. The van der Waals surface area contributed by atoms with E-state index in [1.54, 1.807) is 19.2 Å². The van der Waals surface area contributed by atoms with Crippen LogP contribution in [-0.2, 0) is 13.2 Å². The van der Waals surface area contributed by atoms with Gasteiger partial charge in [-0.25, -0.2) is 0 Å². The quantitative estimate of drug-likeness (QED) is 0.452. The molecule has 0 saturated heterocycles. The summed E-state index contributed by atoms with van der Waals surface area (Å²) in [6.07, 6.45) is 0. The van der Waals surface area contributed by atoms with Crippen LogP contribution in [0.4, 0.5) is 5.69 Å². The number of para-hydroxylation sites is 1. The lowest BCUT2D eigenvalue weighted by Gasteiger charge is -2.15. The van der Waals surface area contributed by atoms with Gasteiger partial charge in [0.25, 0.3) is 0 Å². The molecular formula is C21H18Cl3NO2. The van der Waals surface area contributed by atoms with E-state index in [0.29, 0.717) is 39.7 Å². The van der Waals surface area contributed by atoms with Gasteiger partial charge in [-0.05, 0) is 47.5 Å². The molecule has 1 N–H and O–H groups in total. The van der Waals surface area contributed by atoms with Crippen molar-refractivity contribution in [3.8, 4) is 11.5 Å². The molecule has 0 saturated carbocycles. The molecule has 3 nitrogen and oxygen atoms in total. The molecule has 0 spiro atoms. The molecule has 0 atom stereocenters. The number of anilines is 1. The first-order valence-electron chi connectivity index (χ1n) is 8.29. The van der Waals surface area contributed by atoms with Crippen molar-refractivity contribution in [2.24, 2.45) is 0 Å². The predicted octanol–water partition coefficient (Wildman–Crippen LogP) is 6.85. The van der Waals surface area contributed by atoms with Gasteiger partial charge in [-0.1, -0.05) is 59.1 Å². The van der Waals surface area contributed by atoms with Crippen LogP contribution in [0.25, 0.3) is 0 Å². The minimum absolute atomic E-state index is 0.300. The predicted molar refractivity (Wildman–Crippen MR) is 113 cm³/mol. The third-order valence-corrected chi connectivity index (χ3v) is 4.95. The van der Waals surface area contributed by atoms with Gasteiger partial charge in [0.15, 0.2) is 11.5 Å². The zero-order valence-corrected chi connectivity index (χ0v) is 16.9. The van der Waals surface area contributed by atoms with Crippen molar-refractivity contribution < 1.29 is 9.47 Å². The van der Waals surface area contributed by atoms with E-state index in [-0.39, 0.29) is 0 Å². The van der Waals surface area contributed by atoms with Gasteiger partial charge < -0.3 is 14.8 Å². The Morgan fingerprint density at radius 1 is 0.815 bits per heavy atom. The van der Waals surface area contributed by atoms with Crippen LogP contribution in [0.15, 0.2) is 60.7 Å². The number of hydrogen-bond donors (Lipinski definition) is 1. The summed E-state index contributed by atoms with van der Waals surface area (Å²) in [4.78, 5) is 0. The van der Waals surface area contributed by atoms with Crippen molar-refractivity contribution in [1.29, 1.82) is 0 Å². The van der Waals surface area contributed by atoms with E-state index in [4.69, 9.17) is 44.3 Å². The maximum atomic E-state index is 6.44. The van der Waals surface area contributed by atoms with Crippen LogP contribution in [0.2, 0.25) is 15.1 Å². The van der Waals surface area contributed by atoms with Gasteiger partial charge in [0.05, 0.1) is 22.2 Å². The average Bonchev–Trinajstić information content (AvgIpc) is 2.68. The molecule has 0 radical (unpaired) electrons. The van der Waals surface area contributed by atoms with Crippen LogP contribution in [0.1, 0.15) is 11.1 Å². The van der Waals surface area contributed by atoms with E-state index >= 15 is 0 Å². The van der Waals surface area contributed by atoms with Crippen molar-refractivity contribution >= 4 is 40.5 Å². The number of ether oxygens (including phenoxy) is 2. The topological polar surface area (TPSA) is 30.5 Å². The average molecular weight is 423 g/mol. The zero-order valence-electron chi connectivity index (χ0n) is 14.6. The highest BCUT2D eigenvalue weighted by Gasteiger charge is 2.13. The monoisotopic (exact) mass is 421 g/mol. The maximum absolute atomic E-state index is 6.44. The maximum Gasteiger partial charge on any atom is 0.180 e. The molecule has 0 aliphatic rings. The Kier molecular flexibility index (Phi) is 6.73. The van der Waals surface area contributed by atoms with E-state index in [1.807, 2.05) is 48.5 Å². The molecule has 0 amide bonds. The molecule has 0 aliphatic heterocycles. The first-order chi connectivity index (χ1) is 13.1. The second-order valence-electron chi connectivity index (χ2n) is 5.87. The van der Waals surface area contributed by atoms with Gasteiger partial charge in [-0.15, -0.1) is 0 Å². The van der Waals surface area contributed by atoms with E-state index < -0.39 is 0 Å². The molecule has 0 fully saturated rings. The smallest absolute Gasteiger partial charge is 0.180 e. The molecule has 27 heavy (non-hydrogen) atoms. The molecule has 0 aromatic heterocycles. The molecule has 3 aromatic rings. The lowest BCUT2D eigenvalue weighted by atomic mass is 10.2. The molecule has 3 rings (SSSR count). The Labute approximate surface area is 173 Å². The molecule has 0 aliphatic carbocycles. The fourth-order valence-electron chi connectivity index (χ4n) is 2.56. The van der Waals surface area contributed by atoms with Crippen molar-refractivity contribution in [2.45, 2.75) is 13.2 Å². The van der Waals surface area contributed by atoms with Crippen LogP contribution in [0, 0.1) is 0 Å². The number of methoxy groups -OCH3 is 1. The first kappa shape index (κ1) is 19.7. The van der Waals surface area contributed by atoms with E-state index in [1.165, 1.54) is 0 Å². The van der Waals surface area contributed by atoms with Crippen molar-refractivity contribution in [2.75, 3.05) is 12.4 Å². The number of halogens is 3. The fourth-order valence-corrected chi connectivity index (χ4v) is 3.17. The van der Waals surface area contributed by atoms with Gasteiger partial charge in [0, 0.05) is 12.2 Å². The van der Waals surface area contributed by atoms with Crippen molar-refractivity contribution in [1.82, 2.24) is 0 Å². The van der Waals surface area contributed by atoms with Gasteiger partial charge in [0.1, 0.15) is 6.61 Å². The standard InChI is InChI=1S/C21H18Cl3NO2/c1-26-20-11-15(12-25-16-5-3-2-4-6-16)10-19(24)21(20)27-13-14-7-8-17(22)18(23)9-14/h2-11,25H,12-13H2,1H3.